The lowest BCUT2D eigenvalue weighted by Gasteiger charge is -2.14. The fourth-order valence-electron chi connectivity index (χ4n) is 2.61. The molecule has 2 N–H and O–H groups in total. The summed E-state index contributed by atoms with van der Waals surface area (Å²) in [6.45, 7) is 1.84. The number of hydroxylamine groups is 1. The Hall–Kier alpha value is -1.79. The highest BCUT2D eigenvalue weighted by Crippen LogP contribution is 2.29. The standard InChI is InChI=1S/C17H19FN2O2S/c1-11(21)19-10-14-9-17(20-22-14)13-2-3-15(16(18)8-13)12-4-6-23-7-5-12/h2-4,8-9,14,20H,5-7,10H2,1H3,(H,19,21). The highest BCUT2D eigenvalue weighted by Gasteiger charge is 2.19. The average molecular weight is 334 g/mol. The number of allylic oxidation sites excluding steroid dienone is 1. The van der Waals surface area contributed by atoms with Crippen molar-refractivity contribution in [3.63, 3.8) is 0 Å². The molecular weight excluding hydrogens is 315 g/mol. The van der Waals surface area contributed by atoms with Gasteiger partial charge in [-0.15, -0.1) is 0 Å². The largest absolute Gasteiger partial charge is 0.353 e. The van der Waals surface area contributed by atoms with Crippen LogP contribution in [0.15, 0.2) is 30.4 Å². The molecule has 1 aromatic rings. The van der Waals surface area contributed by atoms with Gasteiger partial charge in [-0.05, 0) is 29.9 Å². The van der Waals surface area contributed by atoms with Crippen LogP contribution in [0.3, 0.4) is 0 Å². The Morgan fingerprint density at radius 2 is 2.39 bits per heavy atom. The van der Waals surface area contributed by atoms with Crippen molar-refractivity contribution in [3.05, 3.63) is 47.3 Å². The van der Waals surface area contributed by atoms with E-state index in [1.165, 1.54) is 13.0 Å². The topological polar surface area (TPSA) is 50.4 Å². The summed E-state index contributed by atoms with van der Waals surface area (Å²) >= 11 is 1.87. The third-order valence-corrected chi connectivity index (χ3v) is 4.71. The Labute approximate surface area is 139 Å². The molecule has 4 nitrogen and oxygen atoms in total. The molecule has 1 unspecified atom stereocenters. The summed E-state index contributed by atoms with van der Waals surface area (Å²) in [6, 6.07) is 5.25. The van der Waals surface area contributed by atoms with Crippen molar-refractivity contribution in [2.45, 2.75) is 19.4 Å². The van der Waals surface area contributed by atoms with Crippen molar-refractivity contribution in [1.82, 2.24) is 10.8 Å². The number of thioether (sulfide) groups is 1. The van der Waals surface area contributed by atoms with Crippen LogP contribution < -0.4 is 10.8 Å². The summed E-state index contributed by atoms with van der Waals surface area (Å²) in [4.78, 5) is 16.3. The van der Waals surface area contributed by atoms with Crippen LogP contribution in [0.25, 0.3) is 11.3 Å². The molecule has 0 aromatic heterocycles. The van der Waals surface area contributed by atoms with Gasteiger partial charge in [-0.2, -0.15) is 11.8 Å². The van der Waals surface area contributed by atoms with E-state index in [4.69, 9.17) is 4.84 Å². The lowest BCUT2D eigenvalue weighted by Crippen LogP contribution is -2.30. The predicted octanol–water partition coefficient (Wildman–Crippen LogP) is 2.73. The molecule has 3 rings (SSSR count). The highest BCUT2D eigenvalue weighted by molar-refractivity contribution is 7.99. The number of carbonyl (C=O) groups excluding carboxylic acids is 1. The van der Waals surface area contributed by atoms with Gasteiger partial charge < -0.3 is 5.32 Å². The molecule has 2 aliphatic rings. The summed E-state index contributed by atoms with van der Waals surface area (Å²) < 4.78 is 14.4. The summed E-state index contributed by atoms with van der Waals surface area (Å²) in [5.74, 6) is 1.67. The van der Waals surface area contributed by atoms with E-state index in [1.807, 2.05) is 30.0 Å². The first-order chi connectivity index (χ1) is 11.1. The Bertz CT molecular complexity index is 673. The van der Waals surface area contributed by atoms with E-state index in [9.17, 15) is 9.18 Å². The van der Waals surface area contributed by atoms with Gasteiger partial charge in [-0.3, -0.25) is 15.1 Å². The van der Waals surface area contributed by atoms with Gasteiger partial charge in [0.25, 0.3) is 0 Å². The van der Waals surface area contributed by atoms with Crippen LogP contribution in [0.5, 0.6) is 0 Å². The van der Waals surface area contributed by atoms with E-state index in [2.05, 4.69) is 16.9 Å². The van der Waals surface area contributed by atoms with E-state index in [0.717, 1.165) is 34.8 Å². The molecule has 122 valence electrons. The van der Waals surface area contributed by atoms with Crippen molar-refractivity contribution in [1.29, 1.82) is 0 Å². The zero-order valence-corrected chi connectivity index (χ0v) is 13.7. The van der Waals surface area contributed by atoms with Crippen LogP contribution in [-0.2, 0) is 9.63 Å². The number of halogens is 1. The van der Waals surface area contributed by atoms with Crippen molar-refractivity contribution >= 4 is 28.9 Å². The molecule has 1 amide bonds. The Morgan fingerprint density at radius 1 is 1.52 bits per heavy atom. The Kier molecular flexibility index (Phi) is 5.03. The molecule has 1 aromatic carbocycles. The van der Waals surface area contributed by atoms with Gasteiger partial charge >= 0.3 is 0 Å². The predicted molar refractivity (Wildman–Crippen MR) is 91.0 cm³/mol. The minimum atomic E-state index is -0.255. The lowest BCUT2D eigenvalue weighted by atomic mass is 9.99. The molecular formula is C17H19FN2O2S. The Balaban J connectivity index is 1.74. The maximum absolute atomic E-state index is 14.4. The van der Waals surface area contributed by atoms with Crippen molar-refractivity contribution in [2.75, 3.05) is 18.1 Å². The molecule has 0 fully saturated rings. The molecule has 0 spiro atoms. The first kappa shape index (κ1) is 16.1. The van der Waals surface area contributed by atoms with E-state index in [-0.39, 0.29) is 17.8 Å². The first-order valence-electron chi connectivity index (χ1n) is 7.58. The number of hydrogen-bond donors (Lipinski definition) is 2. The third kappa shape index (κ3) is 3.95. The molecule has 6 heteroatoms. The molecule has 0 saturated carbocycles. The minimum Gasteiger partial charge on any atom is -0.353 e. The quantitative estimate of drug-likeness (QED) is 0.889. The molecule has 0 aliphatic carbocycles. The monoisotopic (exact) mass is 334 g/mol. The fraction of sp³-hybridized carbons (Fsp3) is 0.353. The van der Waals surface area contributed by atoms with Crippen LogP contribution in [0.4, 0.5) is 4.39 Å². The van der Waals surface area contributed by atoms with Crippen molar-refractivity contribution in [3.8, 4) is 0 Å². The maximum atomic E-state index is 14.4. The first-order valence-corrected chi connectivity index (χ1v) is 8.74. The van der Waals surface area contributed by atoms with Crippen molar-refractivity contribution < 1.29 is 14.0 Å². The number of benzene rings is 1. The van der Waals surface area contributed by atoms with Gasteiger partial charge in [0.2, 0.25) is 5.91 Å². The lowest BCUT2D eigenvalue weighted by molar-refractivity contribution is -0.119. The van der Waals surface area contributed by atoms with Crippen molar-refractivity contribution in [2.24, 2.45) is 0 Å². The smallest absolute Gasteiger partial charge is 0.216 e. The molecule has 0 radical (unpaired) electrons. The number of rotatable bonds is 4. The van der Waals surface area contributed by atoms with E-state index >= 15 is 0 Å². The second kappa shape index (κ2) is 7.19. The Morgan fingerprint density at radius 3 is 3.09 bits per heavy atom. The molecule has 0 bridgehead atoms. The van der Waals surface area contributed by atoms with E-state index < -0.39 is 0 Å². The molecule has 23 heavy (non-hydrogen) atoms. The van der Waals surface area contributed by atoms with Gasteiger partial charge in [0.15, 0.2) is 0 Å². The zero-order chi connectivity index (χ0) is 16.2. The van der Waals surface area contributed by atoms with E-state index in [1.54, 1.807) is 0 Å². The fourth-order valence-corrected chi connectivity index (χ4v) is 3.46. The summed E-state index contributed by atoms with van der Waals surface area (Å²) in [5, 5.41) is 2.69. The van der Waals surface area contributed by atoms with E-state index in [0.29, 0.717) is 12.1 Å². The van der Waals surface area contributed by atoms with Gasteiger partial charge in [-0.1, -0.05) is 18.2 Å². The summed E-state index contributed by atoms with van der Waals surface area (Å²) in [5.41, 5.74) is 6.03. The van der Waals surface area contributed by atoms with Crippen LogP contribution >= 0.6 is 11.8 Å². The SMILES string of the molecule is CC(=O)NCC1C=C(c2ccc(C3=CCSCC3)c(F)c2)NO1. The second-order valence-electron chi connectivity index (χ2n) is 5.52. The minimum absolute atomic E-state index is 0.107. The number of amides is 1. The van der Waals surface area contributed by atoms with Crippen LogP contribution in [0.1, 0.15) is 24.5 Å². The summed E-state index contributed by atoms with van der Waals surface area (Å²) in [6.07, 6.45) is 4.60. The van der Waals surface area contributed by atoms with Gasteiger partial charge in [0.1, 0.15) is 11.9 Å². The van der Waals surface area contributed by atoms with Crippen LogP contribution in [-0.4, -0.2) is 30.1 Å². The number of nitrogens with one attached hydrogen (secondary N) is 2. The third-order valence-electron chi connectivity index (χ3n) is 3.81. The number of carbonyl (C=O) groups is 1. The molecule has 2 aliphatic heterocycles. The second-order valence-corrected chi connectivity index (χ2v) is 6.67. The normalized spacial score (nSPS) is 20.5. The van der Waals surface area contributed by atoms with Gasteiger partial charge in [0.05, 0.1) is 12.2 Å². The molecule has 1 atom stereocenters. The molecule has 2 heterocycles. The van der Waals surface area contributed by atoms with Crippen LogP contribution in [0.2, 0.25) is 0 Å². The van der Waals surface area contributed by atoms with Crippen LogP contribution in [0, 0.1) is 5.82 Å². The van der Waals surface area contributed by atoms with Gasteiger partial charge in [-0.25, -0.2) is 4.39 Å². The summed E-state index contributed by atoms with van der Waals surface area (Å²) in [7, 11) is 0. The maximum Gasteiger partial charge on any atom is 0.216 e. The average Bonchev–Trinajstić information content (AvgIpc) is 3.02. The van der Waals surface area contributed by atoms with Gasteiger partial charge in [0, 0.05) is 23.8 Å². The highest BCUT2D eigenvalue weighted by atomic mass is 32.2. The number of hydrogen-bond acceptors (Lipinski definition) is 4. The zero-order valence-electron chi connectivity index (χ0n) is 12.9. The molecule has 0 saturated heterocycles.